The quantitative estimate of drug-likeness (QED) is 0.839. The van der Waals surface area contributed by atoms with Crippen LogP contribution in [0.4, 0.5) is 0 Å². The van der Waals surface area contributed by atoms with Crippen molar-refractivity contribution < 1.29 is 24.1 Å². The second-order valence-corrected chi connectivity index (χ2v) is 4.61. The minimum Gasteiger partial charge on any atom is -0.486 e. The number of carbonyl (C=O) groups excluding carboxylic acids is 1. The molecule has 0 saturated heterocycles. The summed E-state index contributed by atoms with van der Waals surface area (Å²) in [6.45, 7) is 4.62. The second kappa shape index (κ2) is 5.48. The first-order valence-electron chi connectivity index (χ1n) is 6.31. The van der Waals surface area contributed by atoms with Crippen LogP contribution in [0.3, 0.4) is 0 Å². The topological polar surface area (TPSA) is 65.0 Å². The summed E-state index contributed by atoms with van der Waals surface area (Å²) in [4.78, 5) is 11.5. The lowest BCUT2D eigenvalue weighted by molar-refractivity contribution is -0.148. The zero-order valence-electron chi connectivity index (χ0n) is 11.1. The molecular formula is C14H18O5. The summed E-state index contributed by atoms with van der Waals surface area (Å²) in [5.41, 5.74) is -0.688. The van der Waals surface area contributed by atoms with Crippen molar-refractivity contribution in [3.8, 4) is 11.5 Å². The Morgan fingerprint density at radius 3 is 2.74 bits per heavy atom. The predicted octanol–water partition coefficient (Wildman–Crippen LogP) is 1.62. The molecule has 1 aromatic carbocycles. The van der Waals surface area contributed by atoms with E-state index in [1.54, 1.807) is 32.0 Å². The lowest BCUT2D eigenvalue weighted by Gasteiger charge is -2.25. The molecule has 0 fully saturated rings. The summed E-state index contributed by atoms with van der Waals surface area (Å²) in [6, 6.07) is 5.17. The van der Waals surface area contributed by atoms with Crippen molar-refractivity contribution in [3.63, 3.8) is 0 Å². The average molecular weight is 266 g/mol. The van der Waals surface area contributed by atoms with E-state index in [0.717, 1.165) is 0 Å². The van der Waals surface area contributed by atoms with E-state index in [2.05, 4.69) is 0 Å². The standard InChI is InChI=1S/C14H18O5/c1-3-17-13(15)9-14(2,16)10-4-5-11-12(8-10)19-7-6-18-11/h4-5,8,16H,3,6-7,9H2,1-2H3. The van der Waals surface area contributed by atoms with Crippen LogP contribution >= 0.6 is 0 Å². The molecule has 1 atom stereocenters. The Labute approximate surface area is 112 Å². The number of carbonyl (C=O) groups is 1. The highest BCUT2D eigenvalue weighted by Crippen LogP contribution is 2.35. The molecule has 19 heavy (non-hydrogen) atoms. The van der Waals surface area contributed by atoms with Crippen LogP contribution in [0.15, 0.2) is 18.2 Å². The number of hydrogen-bond donors (Lipinski definition) is 1. The predicted molar refractivity (Wildman–Crippen MR) is 68.3 cm³/mol. The van der Waals surface area contributed by atoms with E-state index in [4.69, 9.17) is 14.2 Å². The number of fused-ring (bicyclic) bond motifs is 1. The molecule has 0 radical (unpaired) electrons. The molecule has 5 nitrogen and oxygen atoms in total. The highest BCUT2D eigenvalue weighted by molar-refractivity contribution is 5.71. The maximum absolute atomic E-state index is 11.5. The van der Waals surface area contributed by atoms with Gasteiger partial charge in [0.1, 0.15) is 13.2 Å². The molecule has 5 heteroatoms. The number of rotatable bonds is 4. The molecule has 0 spiro atoms. The van der Waals surface area contributed by atoms with Gasteiger partial charge in [0.15, 0.2) is 11.5 Å². The van der Waals surface area contributed by atoms with Crippen LogP contribution < -0.4 is 9.47 Å². The third kappa shape index (κ3) is 3.17. The zero-order valence-corrected chi connectivity index (χ0v) is 11.1. The molecule has 1 unspecified atom stereocenters. The molecule has 0 aliphatic carbocycles. The molecule has 0 aromatic heterocycles. The molecule has 1 heterocycles. The number of esters is 1. The summed E-state index contributed by atoms with van der Waals surface area (Å²) in [7, 11) is 0. The molecule has 1 aromatic rings. The maximum Gasteiger partial charge on any atom is 0.309 e. The van der Waals surface area contributed by atoms with Gasteiger partial charge in [-0.15, -0.1) is 0 Å². The van der Waals surface area contributed by atoms with E-state index in [0.29, 0.717) is 36.9 Å². The fourth-order valence-electron chi connectivity index (χ4n) is 1.97. The van der Waals surface area contributed by atoms with E-state index in [1.165, 1.54) is 0 Å². The minimum atomic E-state index is -1.29. The van der Waals surface area contributed by atoms with Gasteiger partial charge in [0.25, 0.3) is 0 Å². The number of ether oxygens (including phenoxy) is 3. The van der Waals surface area contributed by atoms with Crippen molar-refractivity contribution in [2.24, 2.45) is 0 Å². The number of aliphatic hydroxyl groups is 1. The normalized spacial score (nSPS) is 16.6. The number of hydrogen-bond acceptors (Lipinski definition) is 5. The fraction of sp³-hybridized carbons (Fsp3) is 0.500. The highest BCUT2D eigenvalue weighted by Gasteiger charge is 2.29. The SMILES string of the molecule is CCOC(=O)CC(C)(O)c1ccc2c(c1)OCCO2. The second-order valence-electron chi connectivity index (χ2n) is 4.61. The van der Waals surface area contributed by atoms with Crippen molar-refractivity contribution in [3.05, 3.63) is 23.8 Å². The molecule has 1 aliphatic rings. The van der Waals surface area contributed by atoms with E-state index in [-0.39, 0.29) is 6.42 Å². The maximum atomic E-state index is 11.5. The van der Waals surface area contributed by atoms with Crippen molar-refractivity contribution >= 4 is 5.97 Å². The van der Waals surface area contributed by atoms with Crippen molar-refractivity contribution in [1.82, 2.24) is 0 Å². The smallest absolute Gasteiger partial charge is 0.309 e. The van der Waals surface area contributed by atoms with Crippen molar-refractivity contribution in [2.45, 2.75) is 25.9 Å². The summed E-state index contributed by atoms with van der Waals surface area (Å²) < 4.78 is 15.7. The summed E-state index contributed by atoms with van der Waals surface area (Å²) in [5.74, 6) is 0.817. The summed E-state index contributed by atoms with van der Waals surface area (Å²) >= 11 is 0. The monoisotopic (exact) mass is 266 g/mol. The van der Waals surface area contributed by atoms with Crippen LogP contribution in [0.1, 0.15) is 25.8 Å². The Balaban J connectivity index is 2.17. The van der Waals surface area contributed by atoms with Gasteiger partial charge in [0.05, 0.1) is 18.6 Å². The third-order valence-corrected chi connectivity index (χ3v) is 2.96. The van der Waals surface area contributed by atoms with Crippen LogP contribution in [-0.4, -0.2) is 30.9 Å². The van der Waals surface area contributed by atoms with Crippen molar-refractivity contribution in [2.75, 3.05) is 19.8 Å². The fourth-order valence-corrected chi connectivity index (χ4v) is 1.97. The highest BCUT2D eigenvalue weighted by atomic mass is 16.6. The van der Waals surface area contributed by atoms with E-state index in [9.17, 15) is 9.90 Å². The first-order chi connectivity index (χ1) is 9.03. The van der Waals surface area contributed by atoms with Gasteiger partial charge in [-0.2, -0.15) is 0 Å². The Bertz CT molecular complexity index is 467. The van der Waals surface area contributed by atoms with Crippen LogP contribution in [0.5, 0.6) is 11.5 Å². The van der Waals surface area contributed by atoms with E-state index >= 15 is 0 Å². The zero-order chi connectivity index (χ0) is 13.9. The largest absolute Gasteiger partial charge is 0.486 e. The lowest BCUT2D eigenvalue weighted by atomic mass is 9.92. The van der Waals surface area contributed by atoms with Gasteiger partial charge in [0.2, 0.25) is 0 Å². The van der Waals surface area contributed by atoms with Gasteiger partial charge >= 0.3 is 5.97 Å². The van der Waals surface area contributed by atoms with Crippen molar-refractivity contribution in [1.29, 1.82) is 0 Å². The Morgan fingerprint density at radius 1 is 1.37 bits per heavy atom. The summed E-state index contributed by atoms with van der Waals surface area (Å²) in [6.07, 6.45) is -0.0967. The van der Waals surface area contributed by atoms with Crippen LogP contribution in [0.2, 0.25) is 0 Å². The van der Waals surface area contributed by atoms with Gasteiger partial charge in [-0.3, -0.25) is 4.79 Å². The van der Waals surface area contributed by atoms with Crippen LogP contribution in [0, 0.1) is 0 Å². The van der Waals surface area contributed by atoms with Gasteiger partial charge in [-0.1, -0.05) is 6.07 Å². The molecule has 2 rings (SSSR count). The molecule has 0 saturated carbocycles. The molecule has 104 valence electrons. The number of benzene rings is 1. The van der Waals surface area contributed by atoms with Gasteiger partial charge in [-0.05, 0) is 31.5 Å². The van der Waals surface area contributed by atoms with E-state index < -0.39 is 11.6 Å². The Hall–Kier alpha value is -1.75. The summed E-state index contributed by atoms with van der Waals surface area (Å²) in [5, 5.41) is 10.4. The minimum absolute atomic E-state index is 0.0967. The Kier molecular flexibility index (Phi) is 3.95. The molecule has 1 N–H and O–H groups in total. The first kappa shape index (κ1) is 13.7. The first-order valence-corrected chi connectivity index (χ1v) is 6.31. The average Bonchev–Trinajstić information content (AvgIpc) is 2.37. The Morgan fingerprint density at radius 2 is 2.05 bits per heavy atom. The molecule has 0 bridgehead atoms. The lowest BCUT2D eigenvalue weighted by Crippen LogP contribution is -2.26. The molecule has 1 aliphatic heterocycles. The molecule has 0 amide bonds. The van der Waals surface area contributed by atoms with Crippen LogP contribution in [-0.2, 0) is 15.1 Å². The third-order valence-electron chi connectivity index (χ3n) is 2.96. The van der Waals surface area contributed by atoms with Gasteiger partial charge < -0.3 is 19.3 Å². The van der Waals surface area contributed by atoms with Gasteiger partial charge in [0, 0.05) is 0 Å². The van der Waals surface area contributed by atoms with E-state index in [1.807, 2.05) is 0 Å². The molecular weight excluding hydrogens is 248 g/mol. The van der Waals surface area contributed by atoms with Crippen LogP contribution in [0.25, 0.3) is 0 Å². The van der Waals surface area contributed by atoms with Gasteiger partial charge in [-0.25, -0.2) is 0 Å².